The van der Waals surface area contributed by atoms with E-state index in [-0.39, 0.29) is 0 Å². The quantitative estimate of drug-likeness (QED) is 0.268. The summed E-state index contributed by atoms with van der Waals surface area (Å²) >= 11 is 0. The lowest BCUT2D eigenvalue weighted by atomic mass is 10.1. The van der Waals surface area contributed by atoms with Gasteiger partial charge in [-0.1, -0.05) is 66.7 Å². The lowest BCUT2D eigenvalue weighted by Crippen LogP contribution is -2.27. The molecule has 0 saturated carbocycles. The highest BCUT2D eigenvalue weighted by molar-refractivity contribution is 5.53. The summed E-state index contributed by atoms with van der Waals surface area (Å²) in [5, 5.41) is 10.0. The van der Waals surface area contributed by atoms with Crippen molar-refractivity contribution in [1.82, 2.24) is 14.9 Å². The van der Waals surface area contributed by atoms with Gasteiger partial charge in [0.05, 0.1) is 12.2 Å². The van der Waals surface area contributed by atoms with Crippen LogP contribution in [-0.4, -0.2) is 14.9 Å². The van der Waals surface area contributed by atoms with Crippen molar-refractivity contribution >= 4 is 11.4 Å². The fourth-order valence-electron chi connectivity index (χ4n) is 3.80. The number of hydrogen-bond donors (Lipinski definition) is 1. The molecule has 1 heterocycles. The molecule has 5 rings (SSSR count). The van der Waals surface area contributed by atoms with E-state index in [1.165, 1.54) is 0 Å². The van der Waals surface area contributed by atoms with E-state index in [2.05, 4.69) is 15.2 Å². The summed E-state index contributed by atoms with van der Waals surface area (Å²) in [5.74, 6) is 1.38. The van der Waals surface area contributed by atoms with Crippen LogP contribution >= 0.6 is 0 Å². The Hall–Kier alpha value is -4.78. The number of nitrogens with two attached hydrogens (primary N) is 1. The number of nitrogen functional groups attached to an aromatic ring is 1. The predicted molar refractivity (Wildman–Crippen MR) is 140 cm³/mol. The fourth-order valence-corrected chi connectivity index (χ4v) is 3.80. The molecule has 0 bridgehead atoms. The molecule has 0 saturated heterocycles. The Morgan fingerprint density at radius 1 is 0.639 bits per heavy atom. The maximum atomic E-state index is 6.25. The van der Waals surface area contributed by atoms with E-state index >= 15 is 0 Å². The second kappa shape index (κ2) is 11.1. The zero-order valence-electron chi connectivity index (χ0n) is 19.8. The third-order valence-corrected chi connectivity index (χ3v) is 5.69. The molecule has 36 heavy (non-hydrogen) atoms. The van der Waals surface area contributed by atoms with Gasteiger partial charge in [0.25, 0.3) is 0 Å². The minimum absolute atomic E-state index is 0.444. The van der Waals surface area contributed by atoms with Gasteiger partial charge in [0.1, 0.15) is 25.9 Å². The third kappa shape index (κ3) is 5.82. The van der Waals surface area contributed by atoms with Gasteiger partial charge in [0.2, 0.25) is 0 Å². The van der Waals surface area contributed by atoms with Gasteiger partial charge in [-0.2, -0.15) is 0 Å². The molecule has 0 spiro atoms. The van der Waals surface area contributed by atoms with Gasteiger partial charge in [-0.05, 0) is 53.1 Å². The summed E-state index contributed by atoms with van der Waals surface area (Å²) in [6, 6.07) is 33.9. The van der Waals surface area contributed by atoms with Crippen molar-refractivity contribution < 1.29 is 9.47 Å². The number of hydrogen-bond acceptors (Lipinski definition) is 6. The van der Waals surface area contributed by atoms with Gasteiger partial charge in [-0.15, -0.1) is 10.2 Å². The van der Waals surface area contributed by atoms with Crippen molar-refractivity contribution in [2.75, 3.05) is 10.7 Å². The number of aromatic nitrogens is 3. The predicted octanol–water partition coefficient (Wildman–Crippen LogP) is 5.49. The number of ether oxygens (including phenoxy) is 2. The average Bonchev–Trinajstić information content (AvgIpc) is 3.46. The first-order valence-corrected chi connectivity index (χ1v) is 11.7. The van der Waals surface area contributed by atoms with Gasteiger partial charge < -0.3 is 15.2 Å². The van der Waals surface area contributed by atoms with Gasteiger partial charge in [-0.25, -0.2) is 4.68 Å². The van der Waals surface area contributed by atoms with Crippen LogP contribution in [0.5, 0.6) is 11.5 Å². The highest BCUT2D eigenvalue weighted by atomic mass is 16.5. The average molecular weight is 478 g/mol. The second-order valence-electron chi connectivity index (χ2n) is 8.32. The summed E-state index contributed by atoms with van der Waals surface area (Å²) in [6.45, 7) is 1.46. The zero-order chi connectivity index (χ0) is 24.6. The van der Waals surface area contributed by atoms with E-state index in [0.29, 0.717) is 36.9 Å². The van der Waals surface area contributed by atoms with Crippen molar-refractivity contribution in [3.05, 3.63) is 132 Å². The van der Waals surface area contributed by atoms with Crippen LogP contribution in [0.1, 0.15) is 16.7 Å². The van der Waals surface area contributed by atoms with Gasteiger partial charge >= 0.3 is 0 Å². The number of rotatable bonds is 10. The van der Waals surface area contributed by atoms with Crippen LogP contribution in [0.25, 0.3) is 0 Å². The minimum Gasteiger partial charge on any atom is -0.485 e. The first-order chi connectivity index (χ1) is 17.7. The maximum absolute atomic E-state index is 6.25. The number of nitrogens with zero attached hydrogens (tertiary/aromatic N) is 4. The monoisotopic (exact) mass is 477 g/mol. The summed E-state index contributed by atoms with van der Waals surface area (Å²) in [4.78, 5) is 0. The number of anilines is 2. The largest absolute Gasteiger partial charge is 0.485 e. The maximum Gasteiger partial charge on any atom is 0.162 e. The molecule has 0 fully saturated rings. The molecular formula is C29H27N5O2. The van der Waals surface area contributed by atoms with Gasteiger partial charge in [-0.3, -0.25) is 5.01 Å². The molecule has 0 unspecified atom stereocenters. The SMILES string of the molecule is Nc1ccc(N(Cc2ccc(OCc3ccccc3)c(OCc3ccccc3)c2)n2cnnc2)cc1. The van der Waals surface area contributed by atoms with E-state index in [0.717, 1.165) is 22.4 Å². The number of benzene rings is 4. The molecule has 7 nitrogen and oxygen atoms in total. The summed E-state index contributed by atoms with van der Waals surface area (Å²) < 4.78 is 14.3. The molecule has 0 aliphatic heterocycles. The van der Waals surface area contributed by atoms with E-state index in [9.17, 15) is 0 Å². The molecule has 0 aliphatic carbocycles. The van der Waals surface area contributed by atoms with E-state index in [1.54, 1.807) is 12.7 Å². The molecule has 0 atom stereocenters. The smallest absolute Gasteiger partial charge is 0.162 e. The summed E-state index contributed by atoms with van der Waals surface area (Å²) in [5.41, 5.74) is 10.8. The van der Waals surface area contributed by atoms with Crippen molar-refractivity contribution in [3.63, 3.8) is 0 Å². The molecule has 1 aromatic heterocycles. The zero-order valence-corrected chi connectivity index (χ0v) is 19.8. The van der Waals surface area contributed by atoms with Crippen LogP contribution in [0.2, 0.25) is 0 Å². The first kappa shape index (κ1) is 23.0. The van der Waals surface area contributed by atoms with Crippen LogP contribution in [0.3, 0.4) is 0 Å². The van der Waals surface area contributed by atoms with Crippen molar-refractivity contribution in [2.45, 2.75) is 19.8 Å². The van der Waals surface area contributed by atoms with Crippen molar-refractivity contribution in [2.24, 2.45) is 0 Å². The highest BCUT2D eigenvalue weighted by Gasteiger charge is 2.14. The van der Waals surface area contributed by atoms with E-state index in [1.807, 2.05) is 108 Å². The summed E-state index contributed by atoms with van der Waals surface area (Å²) in [6.07, 6.45) is 3.33. The Kier molecular flexibility index (Phi) is 7.09. The molecular weight excluding hydrogens is 450 g/mol. The normalized spacial score (nSPS) is 10.7. The summed E-state index contributed by atoms with van der Waals surface area (Å²) in [7, 11) is 0. The Labute approximate surface area is 210 Å². The second-order valence-corrected chi connectivity index (χ2v) is 8.32. The lowest BCUT2D eigenvalue weighted by molar-refractivity contribution is 0.255. The van der Waals surface area contributed by atoms with Crippen LogP contribution < -0.4 is 20.2 Å². The molecule has 2 N–H and O–H groups in total. The Balaban J connectivity index is 1.41. The Morgan fingerprint density at radius 2 is 1.22 bits per heavy atom. The van der Waals surface area contributed by atoms with Crippen molar-refractivity contribution in [1.29, 1.82) is 0 Å². The Bertz CT molecular complexity index is 1360. The molecule has 4 aromatic carbocycles. The van der Waals surface area contributed by atoms with Gasteiger partial charge in [0.15, 0.2) is 11.5 Å². The van der Waals surface area contributed by atoms with Crippen LogP contribution in [0.15, 0.2) is 116 Å². The molecule has 0 amide bonds. The molecule has 180 valence electrons. The first-order valence-electron chi connectivity index (χ1n) is 11.7. The molecule has 0 aliphatic rings. The van der Waals surface area contributed by atoms with Crippen LogP contribution in [-0.2, 0) is 19.8 Å². The van der Waals surface area contributed by atoms with Crippen LogP contribution in [0, 0.1) is 0 Å². The highest BCUT2D eigenvalue weighted by Crippen LogP contribution is 2.31. The lowest BCUT2D eigenvalue weighted by Gasteiger charge is -2.25. The van der Waals surface area contributed by atoms with Crippen LogP contribution in [0.4, 0.5) is 11.4 Å². The van der Waals surface area contributed by atoms with E-state index < -0.39 is 0 Å². The fraction of sp³-hybridized carbons (Fsp3) is 0.103. The Morgan fingerprint density at radius 3 is 1.83 bits per heavy atom. The molecule has 5 aromatic rings. The molecule has 0 radical (unpaired) electrons. The topological polar surface area (TPSA) is 78.4 Å². The van der Waals surface area contributed by atoms with Crippen molar-refractivity contribution in [3.8, 4) is 11.5 Å². The minimum atomic E-state index is 0.444. The van der Waals surface area contributed by atoms with E-state index in [4.69, 9.17) is 15.2 Å². The standard InChI is InChI=1S/C29H27N5O2/c30-26-12-14-27(15-13-26)34(33-21-31-32-22-33)18-25-11-16-28(35-19-23-7-3-1-4-8-23)29(17-25)36-20-24-9-5-2-6-10-24/h1-17,21-22H,18-20,30H2. The van der Waals surface area contributed by atoms with Gasteiger partial charge in [0, 0.05) is 5.69 Å². The molecule has 7 heteroatoms. The third-order valence-electron chi connectivity index (χ3n) is 5.69.